The van der Waals surface area contributed by atoms with Crippen LogP contribution in [-0.4, -0.2) is 11.6 Å². The summed E-state index contributed by atoms with van der Waals surface area (Å²) < 4.78 is 5.64. The summed E-state index contributed by atoms with van der Waals surface area (Å²) in [5, 5.41) is 3.07. The number of halogens is 1. The molecular weight excluding hydrogens is 254 g/mol. The van der Waals surface area contributed by atoms with Crippen molar-refractivity contribution in [3.05, 3.63) is 45.9 Å². The number of rotatable bonds is 5. The molecule has 0 N–H and O–H groups in total. The summed E-state index contributed by atoms with van der Waals surface area (Å²) >= 11 is 7.33. The van der Waals surface area contributed by atoms with Gasteiger partial charge in [-0.1, -0.05) is 17.7 Å². The molecule has 1 aromatic carbocycles. The van der Waals surface area contributed by atoms with Gasteiger partial charge < -0.3 is 4.74 Å². The van der Waals surface area contributed by atoms with E-state index in [1.165, 1.54) is 5.56 Å². The van der Waals surface area contributed by atoms with Crippen molar-refractivity contribution in [2.75, 3.05) is 6.61 Å². The summed E-state index contributed by atoms with van der Waals surface area (Å²) in [7, 11) is 0. The Labute approximate surface area is 110 Å². The Morgan fingerprint density at radius 3 is 2.71 bits per heavy atom. The molecule has 0 saturated carbocycles. The predicted octanol–water partition coefficient (Wildman–Crippen LogP) is 3.81. The number of ether oxygens (including phenoxy) is 1. The Hall–Kier alpha value is -1.06. The van der Waals surface area contributed by atoms with Crippen LogP contribution in [0.5, 0.6) is 5.75 Å². The van der Waals surface area contributed by atoms with Gasteiger partial charge in [0.05, 0.1) is 23.2 Å². The highest BCUT2D eigenvalue weighted by Gasteiger charge is 2.01. The number of nitrogens with zero attached hydrogens (tertiary/aromatic N) is 1. The molecule has 0 atom stereocenters. The summed E-state index contributed by atoms with van der Waals surface area (Å²) in [6.45, 7) is 2.71. The van der Waals surface area contributed by atoms with E-state index in [1.54, 1.807) is 11.3 Å². The van der Waals surface area contributed by atoms with Crippen LogP contribution in [0.3, 0.4) is 0 Å². The van der Waals surface area contributed by atoms with E-state index in [4.69, 9.17) is 16.3 Å². The van der Waals surface area contributed by atoms with E-state index in [0.717, 1.165) is 22.9 Å². The zero-order chi connectivity index (χ0) is 12.1. The average Bonchev–Trinajstić information content (AvgIpc) is 2.80. The molecule has 0 aliphatic carbocycles. The van der Waals surface area contributed by atoms with E-state index >= 15 is 0 Å². The van der Waals surface area contributed by atoms with Gasteiger partial charge in [-0.25, -0.2) is 4.98 Å². The summed E-state index contributed by atoms with van der Waals surface area (Å²) in [5.41, 5.74) is 2.19. The molecule has 2 nitrogen and oxygen atoms in total. The minimum Gasteiger partial charge on any atom is -0.493 e. The molecule has 0 unspecified atom stereocenters. The SMILES string of the molecule is Cc1ccc(OCCc2nc(CCl)cs2)cc1. The van der Waals surface area contributed by atoms with Crippen LogP contribution in [0.15, 0.2) is 29.6 Å². The summed E-state index contributed by atoms with van der Waals surface area (Å²) in [4.78, 5) is 4.38. The van der Waals surface area contributed by atoms with Crippen LogP contribution in [0.25, 0.3) is 0 Å². The van der Waals surface area contributed by atoms with Crippen LogP contribution in [0.1, 0.15) is 16.3 Å². The molecule has 17 heavy (non-hydrogen) atoms. The molecule has 2 rings (SSSR count). The Morgan fingerprint density at radius 2 is 2.06 bits per heavy atom. The molecule has 0 spiro atoms. The Kier molecular flexibility index (Phi) is 4.40. The zero-order valence-corrected chi connectivity index (χ0v) is 11.2. The van der Waals surface area contributed by atoms with Crippen LogP contribution in [0, 0.1) is 6.92 Å². The molecule has 0 fully saturated rings. The highest BCUT2D eigenvalue weighted by Crippen LogP contribution is 2.14. The van der Waals surface area contributed by atoms with Crippen molar-refractivity contribution in [2.45, 2.75) is 19.2 Å². The van der Waals surface area contributed by atoms with Gasteiger partial charge in [-0.15, -0.1) is 22.9 Å². The Bertz CT molecular complexity index is 467. The number of thiazole rings is 1. The van der Waals surface area contributed by atoms with E-state index in [-0.39, 0.29) is 0 Å². The Morgan fingerprint density at radius 1 is 1.29 bits per heavy atom. The van der Waals surface area contributed by atoms with Crippen molar-refractivity contribution in [1.29, 1.82) is 0 Å². The van der Waals surface area contributed by atoms with Crippen molar-refractivity contribution in [1.82, 2.24) is 4.98 Å². The number of benzene rings is 1. The molecule has 0 radical (unpaired) electrons. The van der Waals surface area contributed by atoms with Gasteiger partial charge in [0.1, 0.15) is 5.75 Å². The first kappa shape index (κ1) is 12.4. The topological polar surface area (TPSA) is 22.1 Å². The fourth-order valence-electron chi connectivity index (χ4n) is 1.42. The largest absolute Gasteiger partial charge is 0.493 e. The molecular formula is C13H14ClNOS. The third-order valence-electron chi connectivity index (χ3n) is 2.34. The van der Waals surface area contributed by atoms with Gasteiger partial charge in [0, 0.05) is 11.8 Å². The Balaban J connectivity index is 1.81. The second-order valence-electron chi connectivity index (χ2n) is 3.78. The van der Waals surface area contributed by atoms with E-state index in [0.29, 0.717) is 12.5 Å². The van der Waals surface area contributed by atoms with Crippen LogP contribution in [-0.2, 0) is 12.3 Å². The van der Waals surface area contributed by atoms with Gasteiger partial charge >= 0.3 is 0 Å². The second kappa shape index (κ2) is 6.03. The van der Waals surface area contributed by atoms with Gasteiger partial charge in [0.2, 0.25) is 0 Å². The number of hydrogen-bond acceptors (Lipinski definition) is 3. The quantitative estimate of drug-likeness (QED) is 0.769. The van der Waals surface area contributed by atoms with Crippen molar-refractivity contribution >= 4 is 22.9 Å². The first-order chi connectivity index (χ1) is 8.28. The molecule has 2 aromatic rings. The number of hydrogen-bond donors (Lipinski definition) is 0. The van der Waals surface area contributed by atoms with Crippen molar-refractivity contribution < 1.29 is 4.74 Å². The summed E-state index contributed by atoms with van der Waals surface area (Å²) in [5.74, 6) is 1.39. The molecule has 0 aliphatic rings. The lowest BCUT2D eigenvalue weighted by molar-refractivity contribution is 0.321. The lowest BCUT2D eigenvalue weighted by Gasteiger charge is -2.04. The second-order valence-corrected chi connectivity index (χ2v) is 4.99. The predicted molar refractivity (Wildman–Crippen MR) is 72.0 cm³/mol. The maximum Gasteiger partial charge on any atom is 0.119 e. The van der Waals surface area contributed by atoms with Crippen molar-refractivity contribution in [3.63, 3.8) is 0 Å². The monoisotopic (exact) mass is 267 g/mol. The normalized spacial score (nSPS) is 10.5. The van der Waals surface area contributed by atoms with Crippen LogP contribution in [0.4, 0.5) is 0 Å². The highest BCUT2D eigenvalue weighted by molar-refractivity contribution is 7.09. The number of aryl methyl sites for hydroxylation is 1. The fourth-order valence-corrected chi connectivity index (χ4v) is 2.42. The first-order valence-electron chi connectivity index (χ1n) is 5.46. The molecule has 0 amide bonds. The van der Waals surface area contributed by atoms with Crippen LogP contribution < -0.4 is 4.74 Å². The molecule has 4 heteroatoms. The highest BCUT2D eigenvalue weighted by atomic mass is 35.5. The van der Waals surface area contributed by atoms with Gasteiger partial charge in [-0.05, 0) is 19.1 Å². The third-order valence-corrected chi connectivity index (χ3v) is 3.57. The van der Waals surface area contributed by atoms with Crippen LogP contribution in [0.2, 0.25) is 0 Å². The lowest BCUT2D eigenvalue weighted by Crippen LogP contribution is -2.01. The smallest absolute Gasteiger partial charge is 0.119 e. The standard InChI is InChI=1S/C13H14ClNOS/c1-10-2-4-12(5-3-10)16-7-6-13-15-11(8-14)9-17-13/h2-5,9H,6-8H2,1H3. The molecule has 90 valence electrons. The summed E-state index contributed by atoms with van der Waals surface area (Å²) in [6.07, 6.45) is 0.829. The van der Waals surface area contributed by atoms with Gasteiger partial charge in [0.15, 0.2) is 0 Å². The average molecular weight is 268 g/mol. The molecule has 1 heterocycles. The maximum atomic E-state index is 5.70. The lowest BCUT2D eigenvalue weighted by atomic mass is 10.2. The number of aromatic nitrogens is 1. The third kappa shape index (κ3) is 3.72. The van der Waals surface area contributed by atoms with E-state index in [1.807, 2.05) is 29.6 Å². The van der Waals surface area contributed by atoms with Gasteiger partial charge in [0.25, 0.3) is 0 Å². The first-order valence-corrected chi connectivity index (χ1v) is 6.88. The van der Waals surface area contributed by atoms with Crippen LogP contribution >= 0.6 is 22.9 Å². The minimum atomic E-state index is 0.481. The maximum absolute atomic E-state index is 5.70. The van der Waals surface area contributed by atoms with E-state index < -0.39 is 0 Å². The van der Waals surface area contributed by atoms with Crippen molar-refractivity contribution in [2.24, 2.45) is 0 Å². The van der Waals surface area contributed by atoms with Crippen molar-refractivity contribution in [3.8, 4) is 5.75 Å². The fraction of sp³-hybridized carbons (Fsp3) is 0.308. The number of alkyl halides is 1. The van der Waals surface area contributed by atoms with Gasteiger partial charge in [-0.2, -0.15) is 0 Å². The zero-order valence-electron chi connectivity index (χ0n) is 9.65. The molecule has 0 aliphatic heterocycles. The molecule has 0 saturated heterocycles. The van der Waals surface area contributed by atoms with Gasteiger partial charge in [-0.3, -0.25) is 0 Å². The van der Waals surface area contributed by atoms with E-state index in [2.05, 4.69) is 11.9 Å². The molecule has 0 bridgehead atoms. The minimum absolute atomic E-state index is 0.481. The molecule has 1 aromatic heterocycles. The summed E-state index contributed by atoms with van der Waals surface area (Å²) in [6, 6.07) is 8.07. The van der Waals surface area contributed by atoms with E-state index in [9.17, 15) is 0 Å².